The largest absolute Gasteiger partial charge is 0.385 e. The van der Waals surface area contributed by atoms with Gasteiger partial charge < -0.3 is 20.3 Å². The summed E-state index contributed by atoms with van der Waals surface area (Å²) in [6.45, 7) is 1.77. The molecule has 1 heterocycles. The Morgan fingerprint density at radius 3 is 2.44 bits per heavy atom. The molecule has 0 radical (unpaired) electrons. The number of methoxy groups -OCH3 is 1. The number of amides is 3. The molecule has 3 amide bonds. The van der Waals surface area contributed by atoms with Crippen molar-refractivity contribution in [3.8, 4) is 0 Å². The summed E-state index contributed by atoms with van der Waals surface area (Å²) >= 11 is 5.91. The van der Waals surface area contributed by atoms with Crippen LogP contribution in [0.15, 0.2) is 48.5 Å². The second-order valence-corrected chi connectivity index (χ2v) is 8.64. The normalized spacial score (nSPS) is 15.0. The van der Waals surface area contributed by atoms with Gasteiger partial charge in [0.1, 0.15) is 11.9 Å². The van der Waals surface area contributed by atoms with Crippen LogP contribution >= 0.6 is 11.6 Å². The molecule has 0 aromatic heterocycles. The average molecular weight is 490 g/mol. The van der Waals surface area contributed by atoms with E-state index in [0.29, 0.717) is 56.1 Å². The van der Waals surface area contributed by atoms with Crippen molar-refractivity contribution in [1.82, 2.24) is 15.5 Å². The van der Waals surface area contributed by atoms with Gasteiger partial charge in [-0.1, -0.05) is 23.7 Å². The number of ether oxygens (including phenoxy) is 1. The van der Waals surface area contributed by atoms with E-state index in [4.69, 9.17) is 16.3 Å². The van der Waals surface area contributed by atoms with Gasteiger partial charge in [-0.2, -0.15) is 0 Å². The number of nitrogens with one attached hydrogen (secondary N) is 2. The summed E-state index contributed by atoms with van der Waals surface area (Å²) in [6.07, 6.45) is 1.67. The molecule has 9 heteroatoms. The first-order chi connectivity index (χ1) is 16.4. The van der Waals surface area contributed by atoms with Crippen LogP contribution in [0.3, 0.4) is 0 Å². The van der Waals surface area contributed by atoms with Crippen molar-refractivity contribution in [3.05, 3.63) is 70.5 Å². The summed E-state index contributed by atoms with van der Waals surface area (Å²) in [7, 11) is 1.58. The number of nitrogens with zero attached hydrogens (tertiary/aromatic N) is 1. The standard InChI is InChI=1S/C25H29ClFN3O4/c1-34-16-4-13-28-24(32)22(29-23(31)20-5-2-3-6-21(20)27)17-11-14-30(15-12-17)25(33)18-7-9-19(26)10-8-18/h2-3,5-10,17,22H,4,11-16H2,1H3,(H,28,32)(H,29,31)/t22-/m0/s1. The molecule has 0 saturated carbocycles. The minimum absolute atomic E-state index is 0.105. The Bertz CT molecular complexity index is 994. The fourth-order valence-electron chi connectivity index (χ4n) is 4.01. The minimum Gasteiger partial charge on any atom is -0.385 e. The van der Waals surface area contributed by atoms with E-state index in [0.717, 1.165) is 0 Å². The lowest BCUT2D eigenvalue weighted by Crippen LogP contribution is -2.54. The summed E-state index contributed by atoms with van der Waals surface area (Å²) in [5, 5.41) is 6.11. The first-order valence-electron chi connectivity index (χ1n) is 11.3. The predicted molar refractivity (Wildman–Crippen MR) is 127 cm³/mol. The van der Waals surface area contributed by atoms with Gasteiger partial charge in [-0.05, 0) is 61.6 Å². The molecule has 2 aromatic carbocycles. The lowest BCUT2D eigenvalue weighted by atomic mass is 9.88. The van der Waals surface area contributed by atoms with E-state index in [1.807, 2.05) is 0 Å². The van der Waals surface area contributed by atoms with Gasteiger partial charge in [0.2, 0.25) is 5.91 Å². The molecule has 1 fully saturated rings. The second-order valence-electron chi connectivity index (χ2n) is 8.20. The zero-order chi connectivity index (χ0) is 24.5. The van der Waals surface area contributed by atoms with E-state index in [9.17, 15) is 18.8 Å². The molecule has 1 aliphatic rings. The van der Waals surface area contributed by atoms with Crippen molar-refractivity contribution in [1.29, 1.82) is 0 Å². The number of hydrogen-bond acceptors (Lipinski definition) is 4. The molecule has 1 aliphatic heterocycles. The van der Waals surface area contributed by atoms with Crippen LogP contribution in [0.25, 0.3) is 0 Å². The van der Waals surface area contributed by atoms with Crippen LogP contribution < -0.4 is 10.6 Å². The number of piperidine rings is 1. The van der Waals surface area contributed by atoms with Crippen molar-refractivity contribution in [2.24, 2.45) is 5.92 Å². The maximum Gasteiger partial charge on any atom is 0.254 e. The van der Waals surface area contributed by atoms with Crippen molar-refractivity contribution in [2.75, 3.05) is 33.4 Å². The third-order valence-electron chi connectivity index (χ3n) is 5.90. The van der Waals surface area contributed by atoms with E-state index in [2.05, 4.69) is 10.6 Å². The SMILES string of the molecule is COCCCNC(=O)[C@@H](NC(=O)c1ccccc1F)C1CCN(C(=O)c2ccc(Cl)cc2)CC1. The molecule has 0 unspecified atom stereocenters. The van der Waals surface area contributed by atoms with E-state index < -0.39 is 17.8 Å². The lowest BCUT2D eigenvalue weighted by Gasteiger charge is -2.36. The molecule has 0 spiro atoms. The van der Waals surface area contributed by atoms with Gasteiger partial charge in [0, 0.05) is 43.9 Å². The van der Waals surface area contributed by atoms with Gasteiger partial charge in [0.05, 0.1) is 5.56 Å². The van der Waals surface area contributed by atoms with Crippen LogP contribution in [-0.2, 0) is 9.53 Å². The van der Waals surface area contributed by atoms with Crippen LogP contribution in [0.5, 0.6) is 0 Å². The van der Waals surface area contributed by atoms with Gasteiger partial charge in [-0.3, -0.25) is 14.4 Å². The molecule has 1 saturated heterocycles. The molecule has 182 valence electrons. The molecule has 2 N–H and O–H groups in total. The Morgan fingerprint density at radius 1 is 1.12 bits per heavy atom. The fraction of sp³-hybridized carbons (Fsp3) is 0.400. The van der Waals surface area contributed by atoms with Crippen LogP contribution in [-0.4, -0.2) is 62.0 Å². The van der Waals surface area contributed by atoms with E-state index in [-0.39, 0.29) is 23.3 Å². The van der Waals surface area contributed by atoms with Crippen LogP contribution in [0.1, 0.15) is 40.0 Å². The first kappa shape index (κ1) is 25.6. The third-order valence-corrected chi connectivity index (χ3v) is 6.15. The number of likely N-dealkylation sites (tertiary alicyclic amines) is 1. The number of carbonyl (C=O) groups is 3. The highest BCUT2D eigenvalue weighted by atomic mass is 35.5. The number of carbonyl (C=O) groups excluding carboxylic acids is 3. The molecule has 1 atom stereocenters. The van der Waals surface area contributed by atoms with Gasteiger partial charge >= 0.3 is 0 Å². The smallest absolute Gasteiger partial charge is 0.254 e. The quantitative estimate of drug-likeness (QED) is 0.529. The summed E-state index contributed by atoms with van der Waals surface area (Å²) < 4.78 is 19.1. The van der Waals surface area contributed by atoms with Crippen molar-refractivity contribution in [3.63, 3.8) is 0 Å². The highest BCUT2D eigenvalue weighted by molar-refractivity contribution is 6.30. The Balaban J connectivity index is 1.67. The lowest BCUT2D eigenvalue weighted by molar-refractivity contribution is -0.124. The number of halogens is 2. The zero-order valence-corrected chi connectivity index (χ0v) is 19.8. The Morgan fingerprint density at radius 2 is 1.79 bits per heavy atom. The Hall–Kier alpha value is -2.97. The van der Waals surface area contributed by atoms with Crippen molar-refractivity contribution < 1.29 is 23.5 Å². The minimum atomic E-state index is -0.845. The van der Waals surface area contributed by atoms with Crippen LogP contribution in [0, 0.1) is 11.7 Å². The predicted octanol–water partition coefficient (Wildman–Crippen LogP) is 3.28. The Kier molecular flexibility index (Phi) is 9.42. The fourth-order valence-corrected chi connectivity index (χ4v) is 4.14. The number of benzene rings is 2. The number of rotatable bonds is 9. The molecule has 34 heavy (non-hydrogen) atoms. The van der Waals surface area contributed by atoms with Gasteiger partial charge in [-0.25, -0.2) is 4.39 Å². The van der Waals surface area contributed by atoms with E-state index in [1.54, 1.807) is 42.3 Å². The zero-order valence-electron chi connectivity index (χ0n) is 19.1. The summed E-state index contributed by atoms with van der Waals surface area (Å²) in [6, 6.07) is 11.5. The summed E-state index contributed by atoms with van der Waals surface area (Å²) in [5.74, 6) is -1.93. The maximum absolute atomic E-state index is 14.1. The van der Waals surface area contributed by atoms with Crippen LogP contribution in [0.4, 0.5) is 4.39 Å². The highest BCUT2D eigenvalue weighted by Gasteiger charge is 2.34. The second kappa shape index (κ2) is 12.5. The molecular weight excluding hydrogens is 461 g/mol. The average Bonchev–Trinajstić information content (AvgIpc) is 2.85. The number of hydrogen-bond donors (Lipinski definition) is 2. The van der Waals surface area contributed by atoms with Gasteiger partial charge in [0.15, 0.2) is 0 Å². The highest BCUT2D eigenvalue weighted by Crippen LogP contribution is 2.23. The molecule has 2 aromatic rings. The monoisotopic (exact) mass is 489 g/mol. The molecule has 0 aliphatic carbocycles. The van der Waals surface area contributed by atoms with Crippen molar-refractivity contribution in [2.45, 2.75) is 25.3 Å². The van der Waals surface area contributed by atoms with Crippen molar-refractivity contribution >= 4 is 29.3 Å². The van der Waals surface area contributed by atoms with Gasteiger partial charge in [0.25, 0.3) is 11.8 Å². The molecular formula is C25H29ClFN3O4. The van der Waals surface area contributed by atoms with E-state index >= 15 is 0 Å². The summed E-state index contributed by atoms with van der Waals surface area (Å²) in [5.41, 5.74) is 0.429. The first-order valence-corrected chi connectivity index (χ1v) is 11.7. The summed E-state index contributed by atoms with van der Waals surface area (Å²) in [4.78, 5) is 40.3. The maximum atomic E-state index is 14.1. The Labute approximate surface area is 203 Å². The molecule has 3 rings (SSSR count). The topological polar surface area (TPSA) is 87.7 Å². The molecule has 7 nitrogen and oxygen atoms in total. The van der Waals surface area contributed by atoms with E-state index in [1.165, 1.54) is 18.2 Å². The molecule has 0 bridgehead atoms. The third kappa shape index (κ3) is 6.77. The van der Waals surface area contributed by atoms with Crippen LogP contribution in [0.2, 0.25) is 5.02 Å². The van der Waals surface area contributed by atoms with Gasteiger partial charge in [-0.15, -0.1) is 0 Å².